The van der Waals surface area contributed by atoms with Gasteiger partial charge in [-0.1, -0.05) is 30.3 Å². The van der Waals surface area contributed by atoms with Gasteiger partial charge >= 0.3 is 0 Å². The van der Waals surface area contributed by atoms with E-state index in [4.69, 9.17) is 0 Å². The molecule has 0 bridgehead atoms. The predicted octanol–water partition coefficient (Wildman–Crippen LogP) is 3.75. The Bertz CT molecular complexity index is 1030. The lowest BCUT2D eigenvalue weighted by Crippen LogP contribution is -2.30. The number of phenols is 5. The molecule has 3 aromatic carbocycles. The highest BCUT2D eigenvalue weighted by molar-refractivity contribution is 7.99. The van der Waals surface area contributed by atoms with Crippen molar-refractivity contribution in [2.45, 2.75) is 28.6 Å². The third kappa shape index (κ3) is 3.54. The van der Waals surface area contributed by atoms with Crippen LogP contribution in [0.15, 0.2) is 59.5 Å². The van der Waals surface area contributed by atoms with Crippen molar-refractivity contribution in [2.75, 3.05) is 0 Å². The smallest absolute Gasteiger partial charge is 0.200 e. The van der Waals surface area contributed by atoms with E-state index in [-0.39, 0.29) is 11.5 Å². The second kappa shape index (κ2) is 7.42. The van der Waals surface area contributed by atoms with Gasteiger partial charge in [-0.15, -0.1) is 11.8 Å². The molecule has 0 amide bonds. The number of hydrogen-bond donors (Lipinski definition) is 6. The Balaban J connectivity index is 1.82. The van der Waals surface area contributed by atoms with E-state index in [1.165, 1.54) is 36.0 Å². The summed E-state index contributed by atoms with van der Waals surface area (Å²) in [4.78, 5) is 0.603. The lowest BCUT2D eigenvalue weighted by molar-refractivity contribution is 0.133. The van der Waals surface area contributed by atoms with E-state index in [1.54, 1.807) is 0 Å². The highest BCUT2D eigenvalue weighted by atomic mass is 32.2. The first-order chi connectivity index (χ1) is 13.8. The van der Waals surface area contributed by atoms with E-state index in [0.29, 0.717) is 22.4 Å². The van der Waals surface area contributed by atoms with Crippen molar-refractivity contribution < 1.29 is 30.6 Å². The molecule has 6 N–H and O–H groups in total. The maximum Gasteiger partial charge on any atom is 0.200 e. The molecule has 150 valence electrons. The summed E-state index contributed by atoms with van der Waals surface area (Å²) < 4.78 is 0. The van der Waals surface area contributed by atoms with Crippen molar-refractivity contribution in [2.24, 2.45) is 0 Å². The fourth-order valence-corrected chi connectivity index (χ4v) is 5.25. The number of thioether (sulfide) groups is 1. The van der Waals surface area contributed by atoms with Crippen molar-refractivity contribution in [1.82, 2.24) is 0 Å². The molecule has 0 fully saturated rings. The zero-order valence-corrected chi connectivity index (χ0v) is 16.0. The van der Waals surface area contributed by atoms with E-state index in [0.717, 1.165) is 5.56 Å². The van der Waals surface area contributed by atoms with Gasteiger partial charge in [-0.25, -0.2) is 0 Å². The summed E-state index contributed by atoms with van der Waals surface area (Å²) in [7, 11) is 0. The van der Waals surface area contributed by atoms with E-state index < -0.39 is 34.5 Å². The predicted molar refractivity (Wildman–Crippen MR) is 109 cm³/mol. The molecule has 1 aliphatic heterocycles. The highest BCUT2D eigenvalue weighted by Crippen LogP contribution is 2.55. The van der Waals surface area contributed by atoms with Crippen molar-refractivity contribution in [1.29, 1.82) is 0 Å². The lowest BCUT2D eigenvalue weighted by atomic mass is 9.83. The molecule has 6 nitrogen and oxygen atoms in total. The molecule has 1 aliphatic rings. The van der Waals surface area contributed by atoms with E-state index in [9.17, 15) is 30.6 Å². The Morgan fingerprint density at radius 3 is 2.10 bits per heavy atom. The minimum atomic E-state index is -0.966. The Morgan fingerprint density at radius 2 is 1.45 bits per heavy atom. The Morgan fingerprint density at radius 1 is 0.793 bits per heavy atom. The van der Waals surface area contributed by atoms with Crippen molar-refractivity contribution in [3.8, 4) is 28.7 Å². The number of aliphatic hydroxyl groups excluding tert-OH is 1. The number of phenolic OH excluding ortho intramolecular Hbond substituents is 5. The molecular formula is C22H20O6S. The number of hydrogen-bond acceptors (Lipinski definition) is 7. The molecule has 1 heterocycles. The minimum absolute atomic E-state index is 0.0951. The topological polar surface area (TPSA) is 121 Å². The second-order valence-corrected chi connectivity index (χ2v) is 8.29. The Kier molecular flexibility index (Phi) is 4.94. The quantitative estimate of drug-likeness (QED) is 0.362. The van der Waals surface area contributed by atoms with Crippen LogP contribution < -0.4 is 0 Å². The number of rotatable bonds is 3. The summed E-state index contributed by atoms with van der Waals surface area (Å²) in [6.45, 7) is 0. The maximum atomic E-state index is 11.2. The largest absolute Gasteiger partial charge is 0.508 e. The molecule has 0 saturated carbocycles. The fraction of sp³-hybridized carbons (Fsp3) is 0.182. The highest BCUT2D eigenvalue weighted by Gasteiger charge is 2.39. The van der Waals surface area contributed by atoms with Crippen molar-refractivity contribution >= 4 is 11.8 Å². The molecule has 0 saturated heterocycles. The Labute approximate surface area is 171 Å². The first-order valence-corrected chi connectivity index (χ1v) is 9.92. The number of aromatic hydroxyl groups is 5. The molecule has 0 aliphatic carbocycles. The van der Waals surface area contributed by atoms with Crippen LogP contribution in [0.1, 0.15) is 27.9 Å². The summed E-state index contributed by atoms with van der Waals surface area (Å²) in [5, 5.41) is 60.5. The van der Waals surface area contributed by atoms with Gasteiger partial charge in [-0.2, -0.15) is 0 Å². The van der Waals surface area contributed by atoms with Gasteiger partial charge in [0, 0.05) is 22.4 Å². The molecule has 3 aromatic rings. The van der Waals surface area contributed by atoms with E-state index in [2.05, 4.69) is 0 Å². The summed E-state index contributed by atoms with van der Waals surface area (Å²) in [6, 6.07) is 14.9. The SMILES string of the molecule is Oc1cc(O)c2c(c1)S[C@H](c1cc(O)c(O)c(O)c1)[C@H](O)C2Cc1ccccc1. The Hall–Kier alpha value is -3.03. The summed E-state index contributed by atoms with van der Waals surface area (Å²) in [5.41, 5.74) is 1.94. The van der Waals surface area contributed by atoms with Crippen molar-refractivity contribution in [3.05, 3.63) is 71.3 Å². The lowest BCUT2D eigenvalue weighted by Gasteiger charge is -2.37. The average Bonchev–Trinajstić information content (AvgIpc) is 2.68. The van der Waals surface area contributed by atoms with Crippen LogP contribution in [0.3, 0.4) is 0 Å². The molecule has 0 spiro atoms. The first kappa shape index (κ1) is 19.3. The van der Waals surface area contributed by atoms with E-state index >= 15 is 0 Å². The molecular weight excluding hydrogens is 392 g/mol. The van der Waals surface area contributed by atoms with Crippen LogP contribution in [-0.4, -0.2) is 36.7 Å². The van der Waals surface area contributed by atoms with Gasteiger partial charge in [0.05, 0.1) is 11.4 Å². The van der Waals surface area contributed by atoms with Gasteiger partial charge in [0.25, 0.3) is 0 Å². The van der Waals surface area contributed by atoms with Crippen LogP contribution in [0.4, 0.5) is 0 Å². The summed E-state index contributed by atoms with van der Waals surface area (Å²) >= 11 is 1.21. The molecule has 29 heavy (non-hydrogen) atoms. The van der Waals surface area contributed by atoms with Gasteiger partial charge in [0.2, 0.25) is 0 Å². The van der Waals surface area contributed by atoms with Gasteiger partial charge in [0.15, 0.2) is 17.2 Å². The van der Waals surface area contributed by atoms with Crippen LogP contribution in [0.25, 0.3) is 0 Å². The standard InChI is InChI=1S/C22H20O6S/c23-13-9-15(24)19-14(6-11-4-2-1-3-5-11)20(27)22(29-18(19)10-13)12-7-16(25)21(28)17(26)8-12/h1-5,7-10,14,20,22-28H,6H2/t14?,20-,22-/m1/s1. The fourth-order valence-electron chi connectivity index (χ4n) is 3.80. The first-order valence-electron chi connectivity index (χ1n) is 9.04. The zero-order valence-electron chi connectivity index (χ0n) is 15.2. The van der Waals surface area contributed by atoms with Crippen LogP contribution >= 0.6 is 11.8 Å². The third-order valence-electron chi connectivity index (χ3n) is 5.17. The average molecular weight is 412 g/mol. The summed E-state index contributed by atoms with van der Waals surface area (Å²) in [6.07, 6.45) is -0.521. The van der Waals surface area contributed by atoms with E-state index in [1.807, 2.05) is 30.3 Å². The molecule has 0 aromatic heterocycles. The van der Waals surface area contributed by atoms with Gasteiger partial charge < -0.3 is 30.6 Å². The van der Waals surface area contributed by atoms with Gasteiger partial charge in [-0.05, 0) is 35.7 Å². The van der Waals surface area contributed by atoms with Gasteiger partial charge in [-0.3, -0.25) is 0 Å². The maximum absolute atomic E-state index is 11.2. The van der Waals surface area contributed by atoms with Crippen LogP contribution in [0, 0.1) is 0 Å². The van der Waals surface area contributed by atoms with Gasteiger partial charge in [0.1, 0.15) is 11.5 Å². The number of fused-ring (bicyclic) bond motifs is 1. The molecule has 0 radical (unpaired) electrons. The van der Waals surface area contributed by atoms with Crippen LogP contribution in [0.5, 0.6) is 28.7 Å². The summed E-state index contributed by atoms with van der Waals surface area (Å²) in [5.74, 6) is -2.28. The number of aliphatic hydroxyl groups is 1. The van der Waals surface area contributed by atoms with Crippen LogP contribution in [0.2, 0.25) is 0 Å². The third-order valence-corrected chi connectivity index (χ3v) is 6.57. The number of benzene rings is 3. The monoisotopic (exact) mass is 412 g/mol. The zero-order chi connectivity index (χ0) is 20.7. The van der Waals surface area contributed by atoms with Crippen molar-refractivity contribution in [3.63, 3.8) is 0 Å². The van der Waals surface area contributed by atoms with Crippen LogP contribution in [-0.2, 0) is 6.42 Å². The minimum Gasteiger partial charge on any atom is -0.508 e. The molecule has 7 heteroatoms. The molecule has 4 rings (SSSR count). The molecule has 3 atom stereocenters. The molecule has 1 unspecified atom stereocenters. The normalized spacial score (nSPS) is 20.9. The second-order valence-electron chi connectivity index (χ2n) is 7.11.